The van der Waals surface area contributed by atoms with E-state index in [4.69, 9.17) is 22.1 Å². The number of carbonyl (C=O) groups excluding carboxylic acids is 1. The number of alkyl halides is 1. The highest BCUT2D eigenvalue weighted by Crippen LogP contribution is 2.33. The van der Waals surface area contributed by atoms with Crippen molar-refractivity contribution in [2.75, 3.05) is 25.0 Å². The number of nitrogens with one attached hydrogen (secondary N) is 3. The summed E-state index contributed by atoms with van der Waals surface area (Å²) < 4.78 is 20.6. The van der Waals surface area contributed by atoms with E-state index in [9.17, 15) is 9.18 Å². The number of aromatic nitrogens is 3. The highest BCUT2D eigenvalue weighted by Gasteiger charge is 2.33. The summed E-state index contributed by atoms with van der Waals surface area (Å²) in [6, 6.07) is 0.474. The standard InChI is InChI=1S/C20H25ClFN7O2/c1-2-16(30)29-6-5-14(22)15(10-29)31-19-17-13(21)9-25-18(17)27-20(28-19)26-12(7-23)8-24-11-3-4-11/h2,8-9,11,14-15,24H,1,3-7,10,23H2,(H2,25,26,27,28)/b12-8+/t14-,15-/m0/s1. The topological polar surface area (TPSA) is 121 Å². The first-order valence-electron chi connectivity index (χ1n) is 10.2. The zero-order chi connectivity index (χ0) is 22.0. The quantitative estimate of drug-likeness (QED) is 0.455. The van der Waals surface area contributed by atoms with Gasteiger partial charge in [0.25, 0.3) is 0 Å². The van der Waals surface area contributed by atoms with Gasteiger partial charge < -0.3 is 31.0 Å². The molecule has 2 aromatic rings. The number of aromatic amines is 1. The minimum atomic E-state index is -1.25. The van der Waals surface area contributed by atoms with E-state index in [2.05, 4.69) is 32.2 Å². The summed E-state index contributed by atoms with van der Waals surface area (Å²) in [7, 11) is 0. The van der Waals surface area contributed by atoms with Crippen LogP contribution < -0.4 is 21.1 Å². The van der Waals surface area contributed by atoms with Gasteiger partial charge >= 0.3 is 0 Å². The van der Waals surface area contributed by atoms with Crippen LogP contribution in [-0.4, -0.2) is 63.7 Å². The third-order valence-electron chi connectivity index (χ3n) is 5.24. The number of fused-ring (bicyclic) bond motifs is 1. The Hall–Kier alpha value is -2.85. The van der Waals surface area contributed by atoms with Crippen LogP contribution in [0.1, 0.15) is 19.3 Å². The molecule has 11 heteroatoms. The third-order valence-corrected chi connectivity index (χ3v) is 5.54. The van der Waals surface area contributed by atoms with Gasteiger partial charge in [0.15, 0.2) is 0 Å². The average molecular weight is 450 g/mol. The first-order chi connectivity index (χ1) is 15.0. The molecule has 31 heavy (non-hydrogen) atoms. The lowest BCUT2D eigenvalue weighted by atomic mass is 10.1. The monoisotopic (exact) mass is 449 g/mol. The summed E-state index contributed by atoms with van der Waals surface area (Å²) in [4.78, 5) is 25.3. The number of hydrogen-bond donors (Lipinski definition) is 4. The van der Waals surface area contributed by atoms with Crippen molar-refractivity contribution >= 4 is 34.5 Å². The summed E-state index contributed by atoms with van der Waals surface area (Å²) >= 11 is 6.29. The Labute approximate surface area is 183 Å². The Balaban J connectivity index is 1.59. The van der Waals surface area contributed by atoms with Crippen molar-refractivity contribution in [3.63, 3.8) is 0 Å². The molecule has 2 aromatic heterocycles. The minimum absolute atomic E-state index is 0.0849. The molecular formula is C20H25ClFN7O2. The summed E-state index contributed by atoms with van der Waals surface area (Å²) in [6.07, 6.45) is 4.86. The maximum atomic E-state index is 14.6. The molecular weight excluding hydrogens is 425 g/mol. The first-order valence-corrected chi connectivity index (χ1v) is 10.5. The molecule has 0 unspecified atom stereocenters. The number of anilines is 1. The van der Waals surface area contributed by atoms with Gasteiger partial charge in [-0.2, -0.15) is 9.97 Å². The number of carbonyl (C=O) groups is 1. The fourth-order valence-corrected chi connectivity index (χ4v) is 3.56. The van der Waals surface area contributed by atoms with Crippen LogP contribution in [0.25, 0.3) is 11.0 Å². The minimum Gasteiger partial charge on any atom is -0.469 e. The molecule has 3 heterocycles. The van der Waals surface area contributed by atoms with Crippen LogP contribution in [0.2, 0.25) is 5.02 Å². The number of ether oxygens (including phenoxy) is 1. The Morgan fingerprint density at radius 3 is 2.97 bits per heavy atom. The summed E-state index contributed by atoms with van der Waals surface area (Å²) in [5.41, 5.74) is 6.96. The van der Waals surface area contributed by atoms with E-state index < -0.39 is 12.3 Å². The SMILES string of the molecule is C=CC(=O)N1CC[C@H](F)[C@@H](Oc2nc(N/C(=C/NC3CC3)CN)nc3[nH]cc(Cl)c23)C1. The number of piperidine rings is 1. The van der Waals surface area contributed by atoms with Crippen molar-refractivity contribution in [2.45, 2.75) is 37.6 Å². The number of amides is 1. The molecule has 9 nitrogen and oxygen atoms in total. The van der Waals surface area contributed by atoms with Crippen LogP contribution in [0.15, 0.2) is 30.7 Å². The number of hydrogen-bond acceptors (Lipinski definition) is 7. The highest BCUT2D eigenvalue weighted by molar-refractivity contribution is 6.35. The maximum absolute atomic E-state index is 14.6. The number of rotatable bonds is 8. The Morgan fingerprint density at radius 2 is 2.26 bits per heavy atom. The van der Waals surface area contributed by atoms with Crippen LogP contribution in [0.5, 0.6) is 5.88 Å². The normalized spacial score (nSPS) is 21.8. The second kappa shape index (κ2) is 9.11. The molecule has 1 amide bonds. The summed E-state index contributed by atoms with van der Waals surface area (Å²) in [5, 5.41) is 7.13. The van der Waals surface area contributed by atoms with E-state index in [1.165, 1.54) is 11.0 Å². The maximum Gasteiger partial charge on any atom is 0.246 e. The van der Waals surface area contributed by atoms with Crippen molar-refractivity contribution in [1.29, 1.82) is 0 Å². The van der Waals surface area contributed by atoms with Crippen molar-refractivity contribution < 1.29 is 13.9 Å². The van der Waals surface area contributed by atoms with E-state index in [1.54, 1.807) is 6.20 Å². The molecule has 1 saturated carbocycles. The van der Waals surface area contributed by atoms with E-state index >= 15 is 0 Å². The number of nitrogens with zero attached hydrogens (tertiary/aromatic N) is 3. The lowest BCUT2D eigenvalue weighted by Crippen LogP contribution is -2.49. The number of halogens is 2. The van der Waals surface area contributed by atoms with Gasteiger partial charge in [0.1, 0.15) is 17.9 Å². The molecule has 5 N–H and O–H groups in total. The number of H-pyrrole nitrogens is 1. The first kappa shape index (κ1) is 21.4. The largest absolute Gasteiger partial charge is 0.469 e. The van der Waals surface area contributed by atoms with Crippen molar-refractivity contribution in [3.05, 3.63) is 35.8 Å². The van der Waals surface area contributed by atoms with Crippen LogP contribution in [-0.2, 0) is 4.79 Å². The van der Waals surface area contributed by atoms with E-state index in [0.717, 1.165) is 12.8 Å². The summed E-state index contributed by atoms with van der Waals surface area (Å²) in [5.74, 6) is 0.0997. The smallest absolute Gasteiger partial charge is 0.246 e. The molecule has 166 valence electrons. The molecule has 2 aliphatic rings. The summed E-state index contributed by atoms with van der Waals surface area (Å²) in [6.45, 7) is 4.13. The predicted molar refractivity (Wildman–Crippen MR) is 117 cm³/mol. The van der Waals surface area contributed by atoms with Gasteiger partial charge in [-0.15, -0.1) is 0 Å². The molecule has 2 fully saturated rings. The highest BCUT2D eigenvalue weighted by atomic mass is 35.5. The van der Waals surface area contributed by atoms with Gasteiger partial charge in [0.05, 0.1) is 17.0 Å². The van der Waals surface area contributed by atoms with Gasteiger partial charge in [-0.1, -0.05) is 18.2 Å². The molecule has 0 radical (unpaired) electrons. The fourth-order valence-electron chi connectivity index (χ4n) is 3.33. The van der Waals surface area contributed by atoms with Crippen LogP contribution in [0.4, 0.5) is 10.3 Å². The van der Waals surface area contributed by atoms with E-state index in [0.29, 0.717) is 34.3 Å². The second-order valence-electron chi connectivity index (χ2n) is 7.60. The third kappa shape index (κ3) is 4.91. The molecule has 4 rings (SSSR count). The zero-order valence-electron chi connectivity index (χ0n) is 16.9. The van der Waals surface area contributed by atoms with Crippen LogP contribution in [0.3, 0.4) is 0 Å². The number of nitrogens with two attached hydrogens (primary N) is 1. The lowest BCUT2D eigenvalue weighted by molar-refractivity contribution is -0.130. The van der Waals surface area contributed by atoms with E-state index in [1.807, 2.05) is 6.20 Å². The van der Waals surface area contributed by atoms with Crippen molar-refractivity contribution in [2.24, 2.45) is 5.73 Å². The Bertz CT molecular complexity index is 1010. The fraction of sp³-hybridized carbons (Fsp3) is 0.450. The number of likely N-dealkylation sites (tertiary alicyclic amines) is 1. The van der Waals surface area contributed by atoms with E-state index in [-0.39, 0.29) is 37.2 Å². The van der Waals surface area contributed by atoms with Gasteiger partial charge in [0, 0.05) is 37.2 Å². The predicted octanol–water partition coefficient (Wildman–Crippen LogP) is 2.08. The molecule has 1 saturated heterocycles. The average Bonchev–Trinajstić information content (AvgIpc) is 3.53. The van der Waals surface area contributed by atoms with Gasteiger partial charge in [-0.3, -0.25) is 4.79 Å². The van der Waals surface area contributed by atoms with Crippen LogP contribution in [0, 0.1) is 0 Å². The van der Waals surface area contributed by atoms with Crippen molar-refractivity contribution in [3.8, 4) is 5.88 Å². The molecule has 0 spiro atoms. The molecule has 1 aliphatic carbocycles. The molecule has 2 atom stereocenters. The Kier molecular flexibility index (Phi) is 6.28. The van der Waals surface area contributed by atoms with Gasteiger partial charge in [0.2, 0.25) is 17.7 Å². The molecule has 1 aliphatic heterocycles. The lowest BCUT2D eigenvalue weighted by Gasteiger charge is -2.34. The zero-order valence-corrected chi connectivity index (χ0v) is 17.7. The van der Waals surface area contributed by atoms with Crippen LogP contribution >= 0.6 is 11.6 Å². The van der Waals surface area contributed by atoms with Crippen molar-refractivity contribution in [1.82, 2.24) is 25.2 Å². The van der Waals surface area contributed by atoms with Gasteiger partial charge in [-0.05, 0) is 25.3 Å². The Morgan fingerprint density at radius 1 is 1.45 bits per heavy atom. The van der Waals surface area contributed by atoms with Gasteiger partial charge in [-0.25, -0.2) is 4.39 Å². The molecule has 0 aromatic carbocycles. The second-order valence-corrected chi connectivity index (χ2v) is 8.01. The molecule has 0 bridgehead atoms.